The second-order valence-corrected chi connectivity index (χ2v) is 7.42. The summed E-state index contributed by atoms with van der Waals surface area (Å²) in [7, 11) is -3.85. The van der Waals surface area contributed by atoms with Gasteiger partial charge in [-0.05, 0) is 42.5 Å². The molecule has 1 aliphatic heterocycles. The lowest BCUT2D eigenvalue weighted by molar-refractivity contribution is 0.384. The van der Waals surface area contributed by atoms with E-state index in [0.717, 1.165) is 17.8 Å². The van der Waals surface area contributed by atoms with Crippen molar-refractivity contribution < 1.29 is 22.3 Å². The predicted octanol–water partition coefficient (Wildman–Crippen LogP) is 2.18. The molecule has 1 saturated heterocycles. The maximum Gasteiger partial charge on any atom is 0.243 e. The number of piperazine rings is 1. The molecule has 0 radical (unpaired) electrons. The van der Waals surface area contributed by atoms with Crippen molar-refractivity contribution in [3.8, 4) is 5.75 Å². The Bertz CT molecular complexity index is 833. The average Bonchev–Trinajstić information content (AvgIpc) is 2.58. The van der Waals surface area contributed by atoms with Gasteiger partial charge in [0.25, 0.3) is 0 Å². The summed E-state index contributed by atoms with van der Waals surface area (Å²) in [6, 6.07) is 9.25. The highest BCUT2D eigenvalue weighted by atomic mass is 32.2. The fourth-order valence-electron chi connectivity index (χ4n) is 2.64. The molecule has 128 valence electrons. The van der Waals surface area contributed by atoms with Gasteiger partial charge in [0.1, 0.15) is 5.75 Å². The van der Waals surface area contributed by atoms with Crippen molar-refractivity contribution in [1.82, 2.24) is 4.31 Å². The van der Waals surface area contributed by atoms with Gasteiger partial charge in [0.05, 0.1) is 4.90 Å². The lowest BCUT2D eigenvalue weighted by Crippen LogP contribution is -2.48. The van der Waals surface area contributed by atoms with Crippen molar-refractivity contribution in [3.63, 3.8) is 0 Å². The van der Waals surface area contributed by atoms with Crippen molar-refractivity contribution in [3.05, 3.63) is 54.1 Å². The first-order valence-electron chi connectivity index (χ1n) is 7.37. The summed E-state index contributed by atoms with van der Waals surface area (Å²) in [5, 5.41) is 9.31. The van der Waals surface area contributed by atoms with Crippen LogP contribution in [0.1, 0.15) is 0 Å². The molecule has 0 spiro atoms. The largest absolute Gasteiger partial charge is 0.508 e. The van der Waals surface area contributed by atoms with Gasteiger partial charge in [0, 0.05) is 31.9 Å². The summed E-state index contributed by atoms with van der Waals surface area (Å²) in [5.41, 5.74) is 0.887. The van der Waals surface area contributed by atoms with Crippen LogP contribution in [0.5, 0.6) is 5.75 Å². The van der Waals surface area contributed by atoms with E-state index in [-0.39, 0.29) is 23.7 Å². The SMILES string of the molecule is O=S(=O)(c1ccc(F)c(F)c1)N1CCN(c2ccc(O)cc2)CC1. The van der Waals surface area contributed by atoms with Crippen LogP contribution in [-0.4, -0.2) is 44.0 Å². The van der Waals surface area contributed by atoms with Gasteiger partial charge in [-0.1, -0.05) is 0 Å². The highest BCUT2D eigenvalue weighted by molar-refractivity contribution is 7.89. The summed E-state index contributed by atoms with van der Waals surface area (Å²) >= 11 is 0. The molecule has 2 aromatic rings. The van der Waals surface area contributed by atoms with Gasteiger partial charge in [-0.3, -0.25) is 0 Å². The number of aromatic hydroxyl groups is 1. The van der Waals surface area contributed by atoms with Crippen molar-refractivity contribution >= 4 is 15.7 Å². The summed E-state index contributed by atoms with van der Waals surface area (Å²) in [6.07, 6.45) is 0. The molecule has 3 rings (SSSR count). The van der Waals surface area contributed by atoms with Crippen LogP contribution in [0.3, 0.4) is 0 Å². The monoisotopic (exact) mass is 354 g/mol. The van der Waals surface area contributed by atoms with E-state index >= 15 is 0 Å². The summed E-state index contributed by atoms with van der Waals surface area (Å²) in [6.45, 7) is 1.41. The Labute approximate surface area is 138 Å². The number of anilines is 1. The Balaban J connectivity index is 1.73. The molecular formula is C16H16F2N2O3S. The van der Waals surface area contributed by atoms with E-state index in [9.17, 15) is 22.3 Å². The number of rotatable bonds is 3. The molecule has 8 heteroatoms. The van der Waals surface area contributed by atoms with Crippen LogP contribution in [0.4, 0.5) is 14.5 Å². The first kappa shape index (κ1) is 16.7. The highest BCUT2D eigenvalue weighted by Gasteiger charge is 2.29. The molecule has 0 amide bonds. The number of benzene rings is 2. The Morgan fingerprint density at radius 3 is 2.08 bits per heavy atom. The quantitative estimate of drug-likeness (QED) is 0.918. The standard InChI is InChI=1S/C16H16F2N2O3S/c17-15-6-5-14(11-16(15)18)24(22,23)20-9-7-19(8-10-20)12-1-3-13(21)4-2-12/h1-6,11,21H,7-10H2. The molecule has 0 unspecified atom stereocenters. The Morgan fingerprint density at radius 2 is 1.50 bits per heavy atom. The zero-order chi connectivity index (χ0) is 17.3. The van der Waals surface area contributed by atoms with Gasteiger partial charge >= 0.3 is 0 Å². The molecule has 0 aromatic heterocycles. The van der Waals surface area contributed by atoms with Crippen LogP contribution in [0, 0.1) is 11.6 Å². The van der Waals surface area contributed by atoms with Crippen molar-refractivity contribution in [2.24, 2.45) is 0 Å². The van der Waals surface area contributed by atoms with Gasteiger partial charge in [-0.2, -0.15) is 4.31 Å². The minimum absolute atomic E-state index is 0.165. The van der Waals surface area contributed by atoms with Gasteiger partial charge < -0.3 is 10.0 Å². The van der Waals surface area contributed by atoms with E-state index in [4.69, 9.17) is 0 Å². The minimum Gasteiger partial charge on any atom is -0.508 e. The number of phenolic OH excluding ortho intramolecular Hbond substituents is 1. The number of hydrogen-bond acceptors (Lipinski definition) is 4. The average molecular weight is 354 g/mol. The van der Waals surface area contributed by atoms with Crippen LogP contribution in [0.15, 0.2) is 47.4 Å². The Morgan fingerprint density at radius 1 is 0.875 bits per heavy atom. The lowest BCUT2D eigenvalue weighted by Gasteiger charge is -2.35. The van der Waals surface area contributed by atoms with Crippen LogP contribution >= 0.6 is 0 Å². The molecule has 5 nitrogen and oxygen atoms in total. The van der Waals surface area contributed by atoms with Crippen LogP contribution < -0.4 is 4.90 Å². The van der Waals surface area contributed by atoms with E-state index in [1.807, 2.05) is 4.90 Å². The Kier molecular flexibility index (Phi) is 4.42. The maximum absolute atomic E-state index is 13.3. The van der Waals surface area contributed by atoms with Crippen molar-refractivity contribution in [2.75, 3.05) is 31.1 Å². The molecule has 1 heterocycles. The molecule has 1 N–H and O–H groups in total. The fourth-order valence-corrected chi connectivity index (χ4v) is 4.07. The molecule has 0 aliphatic carbocycles. The summed E-state index contributed by atoms with van der Waals surface area (Å²) in [4.78, 5) is 1.75. The molecule has 0 saturated carbocycles. The molecule has 1 fully saturated rings. The van der Waals surface area contributed by atoms with Crippen LogP contribution in [0.2, 0.25) is 0 Å². The number of phenols is 1. The second-order valence-electron chi connectivity index (χ2n) is 5.48. The number of sulfonamides is 1. The van der Waals surface area contributed by atoms with Crippen LogP contribution in [-0.2, 0) is 10.0 Å². The summed E-state index contributed by atoms with van der Waals surface area (Å²) < 4.78 is 52.6. The molecular weight excluding hydrogens is 338 g/mol. The number of nitrogens with zero attached hydrogens (tertiary/aromatic N) is 2. The van der Waals surface area contributed by atoms with E-state index in [0.29, 0.717) is 19.2 Å². The van der Waals surface area contributed by atoms with Gasteiger partial charge in [0.2, 0.25) is 10.0 Å². The van der Waals surface area contributed by atoms with Gasteiger partial charge in [-0.25, -0.2) is 17.2 Å². The normalized spacial score (nSPS) is 16.3. The van der Waals surface area contributed by atoms with Crippen molar-refractivity contribution in [2.45, 2.75) is 4.90 Å². The molecule has 2 aromatic carbocycles. The third-order valence-electron chi connectivity index (χ3n) is 3.98. The van der Waals surface area contributed by atoms with Crippen molar-refractivity contribution in [1.29, 1.82) is 0 Å². The minimum atomic E-state index is -3.85. The van der Waals surface area contributed by atoms with Gasteiger partial charge in [0.15, 0.2) is 11.6 Å². The molecule has 24 heavy (non-hydrogen) atoms. The Hall–Kier alpha value is -2.19. The van der Waals surface area contributed by atoms with E-state index < -0.39 is 21.7 Å². The first-order valence-corrected chi connectivity index (χ1v) is 8.81. The lowest BCUT2D eigenvalue weighted by atomic mass is 10.2. The number of halogens is 2. The molecule has 0 atom stereocenters. The third kappa shape index (κ3) is 3.20. The van der Waals surface area contributed by atoms with Crippen LogP contribution in [0.25, 0.3) is 0 Å². The first-order chi connectivity index (χ1) is 11.4. The van der Waals surface area contributed by atoms with E-state index in [1.54, 1.807) is 24.3 Å². The van der Waals surface area contributed by atoms with Gasteiger partial charge in [-0.15, -0.1) is 0 Å². The fraction of sp³-hybridized carbons (Fsp3) is 0.250. The zero-order valence-corrected chi connectivity index (χ0v) is 13.5. The van der Waals surface area contributed by atoms with E-state index in [2.05, 4.69) is 0 Å². The van der Waals surface area contributed by atoms with E-state index in [1.165, 1.54) is 4.31 Å². The smallest absolute Gasteiger partial charge is 0.243 e. The molecule has 0 bridgehead atoms. The second kappa shape index (κ2) is 6.37. The maximum atomic E-state index is 13.3. The number of hydrogen-bond donors (Lipinski definition) is 1. The molecule has 1 aliphatic rings. The zero-order valence-electron chi connectivity index (χ0n) is 12.7. The highest BCUT2D eigenvalue weighted by Crippen LogP contribution is 2.23. The predicted molar refractivity (Wildman–Crippen MR) is 85.4 cm³/mol. The summed E-state index contributed by atoms with van der Waals surface area (Å²) in [5.74, 6) is -2.09. The third-order valence-corrected chi connectivity index (χ3v) is 5.88. The topological polar surface area (TPSA) is 60.9 Å².